The molecule has 0 bridgehead atoms. The second-order valence-corrected chi connectivity index (χ2v) is 5.73. The summed E-state index contributed by atoms with van der Waals surface area (Å²) in [5.41, 5.74) is 1.39. The number of nitrogens with zero attached hydrogens (tertiary/aromatic N) is 1. The molecule has 0 aliphatic carbocycles. The summed E-state index contributed by atoms with van der Waals surface area (Å²) in [6, 6.07) is 11.5. The van der Waals surface area contributed by atoms with E-state index in [1.165, 1.54) is 11.0 Å². The molecule has 0 spiro atoms. The first-order valence-corrected chi connectivity index (χ1v) is 7.69. The second-order valence-electron chi connectivity index (χ2n) is 5.73. The van der Waals surface area contributed by atoms with Crippen LogP contribution in [0.2, 0.25) is 0 Å². The molecule has 1 heterocycles. The minimum absolute atomic E-state index is 0.201. The topological polar surface area (TPSA) is 50.8 Å². The van der Waals surface area contributed by atoms with Gasteiger partial charge in [0.1, 0.15) is 5.82 Å². The third-order valence-electron chi connectivity index (χ3n) is 3.95. The minimum Gasteiger partial charge on any atom is -0.454 e. The molecule has 1 atom stereocenters. The van der Waals surface area contributed by atoms with Crippen LogP contribution in [0.15, 0.2) is 42.5 Å². The van der Waals surface area contributed by atoms with Crippen LogP contribution in [0.1, 0.15) is 24.1 Å². The van der Waals surface area contributed by atoms with Gasteiger partial charge in [-0.15, -0.1) is 0 Å². The molecule has 2 amide bonds. The molecular formula is C18H19FN2O3. The Kier molecular flexibility index (Phi) is 4.55. The van der Waals surface area contributed by atoms with Crippen molar-refractivity contribution in [2.24, 2.45) is 0 Å². The number of rotatable bonds is 4. The van der Waals surface area contributed by atoms with Crippen molar-refractivity contribution in [1.82, 2.24) is 10.2 Å². The van der Waals surface area contributed by atoms with E-state index in [-0.39, 0.29) is 31.2 Å². The largest absolute Gasteiger partial charge is 0.454 e. The first kappa shape index (κ1) is 16.1. The first-order chi connectivity index (χ1) is 11.5. The monoisotopic (exact) mass is 330 g/mol. The van der Waals surface area contributed by atoms with Crippen molar-refractivity contribution in [2.45, 2.75) is 19.5 Å². The fourth-order valence-electron chi connectivity index (χ4n) is 2.52. The highest BCUT2D eigenvalue weighted by Crippen LogP contribution is 2.34. The molecule has 1 aliphatic rings. The van der Waals surface area contributed by atoms with Crippen LogP contribution in [-0.2, 0) is 6.54 Å². The van der Waals surface area contributed by atoms with Gasteiger partial charge in [0.25, 0.3) is 0 Å². The van der Waals surface area contributed by atoms with Crippen molar-refractivity contribution in [3.05, 3.63) is 59.4 Å². The second kappa shape index (κ2) is 6.78. The molecule has 0 aromatic heterocycles. The number of hydrogen-bond donors (Lipinski definition) is 1. The van der Waals surface area contributed by atoms with Gasteiger partial charge in [-0.1, -0.05) is 24.3 Å². The molecule has 24 heavy (non-hydrogen) atoms. The van der Waals surface area contributed by atoms with Gasteiger partial charge in [-0.3, -0.25) is 0 Å². The zero-order valence-corrected chi connectivity index (χ0v) is 13.6. The van der Waals surface area contributed by atoms with Crippen LogP contribution in [0.5, 0.6) is 11.5 Å². The van der Waals surface area contributed by atoms with E-state index in [1.54, 1.807) is 25.2 Å². The van der Waals surface area contributed by atoms with Gasteiger partial charge in [0.05, 0.1) is 6.04 Å². The Bertz CT molecular complexity index is 751. The number of ether oxygens (including phenoxy) is 2. The smallest absolute Gasteiger partial charge is 0.317 e. The molecule has 1 N–H and O–H groups in total. The van der Waals surface area contributed by atoms with Gasteiger partial charge in [-0.05, 0) is 30.7 Å². The molecule has 0 saturated heterocycles. The molecule has 0 fully saturated rings. The molecule has 3 rings (SSSR count). The number of carbonyl (C=O) groups is 1. The lowest BCUT2D eigenvalue weighted by molar-refractivity contribution is 0.174. The van der Waals surface area contributed by atoms with Gasteiger partial charge < -0.3 is 19.7 Å². The van der Waals surface area contributed by atoms with Gasteiger partial charge in [0.2, 0.25) is 6.79 Å². The Morgan fingerprint density at radius 3 is 2.79 bits per heavy atom. The van der Waals surface area contributed by atoms with Crippen LogP contribution in [0, 0.1) is 5.82 Å². The number of urea groups is 1. The highest BCUT2D eigenvalue weighted by atomic mass is 19.1. The molecular weight excluding hydrogens is 311 g/mol. The normalized spacial score (nSPS) is 13.5. The zero-order chi connectivity index (χ0) is 17.1. The van der Waals surface area contributed by atoms with E-state index in [9.17, 15) is 9.18 Å². The average molecular weight is 330 g/mol. The molecule has 1 unspecified atom stereocenters. The predicted octanol–water partition coefficient (Wildman–Crippen LogP) is 3.46. The number of benzene rings is 2. The van der Waals surface area contributed by atoms with E-state index in [4.69, 9.17) is 9.47 Å². The molecule has 0 saturated carbocycles. The molecule has 1 aliphatic heterocycles. The SMILES string of the molecule is CC(NC(=O)N(C)Cc1ccccc1F)c1ccc2c(c1)OCO2. The van der Waals surface area contributed by atoms with Gasteiger partial charge in [0, 0.05) is 19.2 Å². The third-order valence-corrected chi connectivity index (χ3v) is 3.95. The Labute approximate surface area is 140 Å². The maximum atomic E-state index is 13.7. The average Bonchev–Trinajstić information content (AvgIpc) is 3.04. The lowest BCUT2D eigenvalue weighted by Gasteiger charge is -2.22. The Hall–Kier alpha value is -2.76. The number of amides is 2. The van der Waals surface area contributed by atoms with Crippen molar-refractivity contribution in [3.63, 3.8) is 0 Å². The van der Waals surface area contributed by atoms with Crippen molar-refractivity contribution < 1.29 is 18.7 Å². The Morgan fingerprint density at radius 2 is 2.00 bits per heavy atom. The van der Waals surface area contributed by atoms with Crippen LogP contribution >= 0.6 is 0 Å². The van der Waals surface area contributed by atoms with E-state index < -0.39 is 0 Å². The molecule has 0 radical (unpaired) electrons. The van der Waals surface area contributed by atoms with E-state index in [0.29, 0.717) is 17.1 Å². The highest BCUT2D eigenvalue weighted by molar-refractivity contribution is 5.74. The summed E-state index contributed by atoms with van der Waals surface area (Å²) in [4.78, 5) is 13.8. The van der Waals surface area contributed by atoms with Gasteiger partial charge >= 0.3 is 6.03 Å². The fourth-order valence-corrected chi connectivity index (χ4v) is 2.52. The van der Waals surface area contributed by atoms with E-state index in [1.807, 2.05) is 25.1 Å². The van der Waals surface area contributed by atoms with E-state index >= 15 is 0 Å². The minimum atomic E-state index is -0.319. The van der Waals surface area contributed by atoms with Crippen LogP contribution in [0.3, 0.4) is 0 Å². The van der Waals surface area contributed by atoms with Gasteiger partial charge in [-0.2, -0.15) is 0 Å². The summed E-state index contributed by atoms with van der Waals surface area (Å²) in [6.07, 6.45) is 0. The predicted molar refractivity (Wildman–Crippen MR) is 87.4 cm³/mol. The molecule has 6 heteroatoms. The maximum absolute atomic E-state index is 13.7. The van der Waals surface area contributed by atoms with E-state index in [0.717, 1.165) is 5.56 Å². The van der Waals surface area contributed by atoms with Gasteiger partial charge in [0.15, 0.2) is 11.5 Å². The van der Waals surface area contributed by atoms with E-state index in [2.05, 4.69) is 5.32 Å². The highest BCUT2D eigenvalue weighted by Gasteiger charge is 2.18. The maximum Gasteiger partial charge on any atom is 0.317 e. The number of carbonyl (C=O) groups excluding carboxylic acids is 1. The first-order valence-electron chi connectivity index (χ1n) is 7.69. The molecule has 2 aromatic carbocycles. The van der Waals surface area contributed by atoms with Crippen molar-refractivity contribution in [3.8, 4) is 11.5 Å². The van der Waals surface area contributed by atoms with Crippen molar-refractivity contribution in [2.75, 3.05) is 13.8 Å². The Balaban J connectivity index is 1.62. The lowest BCUT2D eigenvalue weighted by Crippen LogP contribution is -2.38. The summed E-state index contributed by atoms with van der Waals surface area (Å²) in [6.45, 7) is 2.30. The zero-order valence-electron chi connectivity index (χ0n) is 13.6. The number of halogens is 1. The Morgan fingerprint density at radius 1 is 1.25 bits per heavy atom. The fraction of sp³-hybridized carbons (Fsp3) is 0.278. The van der Waals surface area contributed by atoms with Crippen LogP contribution in [0.25, 0.3) is 0 Å². The van der Waals surface area contributed by atoms with Gasteiger partial charge in [-0.25, -0.2) is 9.18 Å². The summed E-state index contributed by atoms with van der Waals surface area (Å²) >= 11 is 0. The van der Waals surface area contributed by atoms with Crippen molar-refractivity contribution in [1.29, 1.82) is 0 Å². The number of fused-ring (bicyclic) bond motifs is 1. The summed E-state index contributed by atoms with van der Waals surface area (Å²) in [7, 11) is 1.63. The number of hydrogen-bond acceptors (Lipinski definition) is 3. The summed E-state index contributed by atoms with van der Waals surface area (Å²) < 4.78 is 24.3. The van der Waals surface area contributed by atoms with Crippen LogP contribution < -0.4 is 14.8 Å². The quantitative estimate of drug-likeness (QED) is 0.934. The summed E-state index contributed by atoms with van der Waals surface area (Å²) in [5.74, 6) is 1.06. The molecule has 2 aromatic rings. The number of nitrogens with one attached hydrogen (secondary N) is 1. The van der Waals surface area contributed by atoms with Crippen molar-refractivity contribution >= 4 is 6.03 Å². The standard InChI is InChI=1S/C18H19FN2O3/c1-12(13-7-8-16-17(9-13)24-11-23-16)20-18(22)21(2)10-14-5-3-4-6-15(14)19/h3-9,12H,10-11H2,1-2H3,(H,20,22). The molecule has 126 valence electrons. The van der Waals surface area contributed by atoms with Crippen LogP contribution in [0.4, 0.5) is 9.18 Å². The summed E-state index contributed by atoms with van der Waals surface area (Å²) in [5, 5.41) is 2.90. The molecule has 5 nitrogen and oxygen atoms in total. The van der Waals surface area contributed by atoms with Crippen LogP contribution in [-0.4, -0.2) is 24.8 Å². The lowest BCUT2D eigenvalue weighted by atomic mass is 10.1. The third kappa shape index (κ3) is 3.42.